The number of ether oxygens (including phenoxy) is 1. The van der Waals surface area contributed by atoms with Crippen molar-refractivity contribution in [2.45, 2.75) is 33.7 Å². The van der Waals surface area contributed by atoms with Gasteiger partial charge >= 0.3 is 5.91 Å². The first kappa shape index (κ1) is 23.5. The summed E-state index contributed by atoms with van der Waals surface area (Å²) in [4.78, 5) is 32.5. The monoisotopic (exact) mass is 505 g/mol. The van der Waals surface area contributed by atoms with Crippen LogP contribution < -0.4 is 9.64 Å². The molecule has 0 spiro atoms. The number of aromatic nitrogens is 4. The number of hydrogen-bond donors (Lipinski definition) is 2. The molecule has 11 heteroatoms. The third-order valence-electron chi connectivity index (χ3n) is 6.07. The molecule has 0 bridgehead atoms. The largest absolute Gasteiger partial charge is 0.505 e. The molecule has 4 aromatic rings. The van der Waals surface area contributed by atoms with Gasteiger partial charge in [-0.3, -0.25) is 14.5 Å². The molecule has 2 N–H and O–H groups in total. The van der Waals surface area contributed by atoms with E-state index >= 15 is 0 Å². The van der Waals surface area contributed by atoms with Gasteiger partial charge in [-0.2, -0.15) is 0 Å². The minimum absolute atomic E-state index is 0.0871. The molecule has 184 valence electrons. The molecule has 4 heterocycles. The number of amides is 1. The first-order valence-electron chi connectivity index (χ1n) is 11.2. The van der Waals surface area contributed by atoms with E-state index in [0.29, 0.717) is 28.5 Å². The van der Waals surface area contributed by atoms with Gasteiger partial charge in [0, 0.05) is 6.20 Å². The Morgan fingerprint density at radius 3 is 2.61 bits per heavy atom. The number of benzene rings is 1. The molecule has 36 heavy (non-hydrogen) atoms. The van der Waals surface area contributed by atoms with Crippen molar-refractivity contribution < 1.29 is 24.5 Å². The Hall–Kier alpha value is -4.25. The number of aliphatic hydroxyl groups excluding tert-OH is 1. The highest BCUT2D eigenvalue weighted by molar-refractivity contribution is 7.15. The lowest BCUT2D eigenvalue weighted by atomic mass is 9.96. The summed E-state index contributed by atoms with van der Waals surface area (Å²) < 4.78 is 7.35. The second kappa shape index (κ2) is 8.76. The second-order valence-electron chi connectivity index (χ2n) is 8.36. The Morgan fingerprint density at radius 2 is 1.94 bits per heavy atom. The van der Waals surface area contributed by atoms with Crippen LogP contribution in [0.4, 0.5) is 5.13 Å². The molecule has 0 radical (unpaired) electrons. The number of aryl methyl sites for hydroxylation is 3. The summed E-state index contributed by atoms with van der Waals surface area (Å²) in [6, 6.07) is 7.26. The van der Waals surface area contributed by atoms with Gasteiger partial charge in [-0.05, 0) is 57.0 Å². The number of anilines is 1. The van der Waals surface area contributed by atoms with E-state index in [2.05, 4.69) is 15.2 Å². The van der Waals surface area contributed by atoms with Gasteiger partial charge in [0.25, 0.3) is 5.78 Å². The highest BCUT2D eigenvalue weighted by Gasteiger charge is 2.49. The van der Waals surface area contributed by atoms with Gasteiger partial charge in [0.2, 0.25) is 5.13 Å². The standard InChI is InChI=1S/C25H23N5O5S/c1-5-35-17-11-15(8-9-16(17)31)20-18(22(33)24(34)30(20)25-28-27-14(4)36-25)21(32)19-13(3)29-10-6-7-12(2)23(29)26-19/h6-11,20,31-32H,5H2,1-4H3/b21-18+. The summed E-state index contributed by atoms with van der Waals surface area (Å²) in [5.41, 5.74) is 2.65. The summed E-state index contributed by atoms with van der Waals surface area (Å²) in [6.07, 6.45) is 1.82. The number of carbonyl (C=O) groups is 2. The lowest BCUT2D eigenvalue weighted by Gasteiger charge is -2.23. The van der Waals surface area contributed by atoms with Crippen LogP contribution in [0.2, 0.25) is 0 Å². The lowest BCUT2D eigenvalue weighted by Crippen LogP contribution is -2.29. The molecular formula is C25H23N5O5S. The van der Waals surface area contributed by atoms with Crippen molar-refractivity contribution in [3.05, 3.63) is 69.6 Å². The fourth-order valence-electron chi connectivity index (χ4n) is 4.37. The molecule has 0 saturated carbocycles. The van der Waals surface area contributed by atoms with Crippen LogP contribution in [0.25, 0.3) is 11.4 Å². The van der Waals surface area contributed by atoms with Crippen LogP contribution in [0, 0.1) is 20.8 Å². The van der Waals surface area contributed by atoms with E-state index < -0.39 is 23.5 Å². The van der Waals surface area contributed by atoms with E-state index in [-0.39, 0.29) is 27.9 Å². The summed E-state index contributed by atoms with van der Waals surface area (Å²) in [5, 5.41) is 30.6. The molecule has 1 unspecified atom stereocenters. The Bertz CT molecular complexity index is 1570. The van der Waals surface area contributed by atoms with Crippen molar-refractivity contribution in [2.24, 2.45) is 0 Å². The Kier molecular flexibility index (Phi) is 5.71. The zero-order valence-corrected chi connectivity index (χ0v) is 20.8. The molecular weight excluding hydrogens is 482 g/mol. The Morgan fingerprint density at radius 1 is 1.17 bits per heavy atom. The third kappa shape index (κ3) is 3.59. The molecule has 3 aromatic heterocycles. The molecule has 1 aliphatic heterocycles. The fourth-order valence-corrected chi connectivity index (χ4v) is 5.09. The number of phenols is 1. The normalized spacial score (nSPS) is 17.3. The molecule has 1 aromatic carbocycles. The molecule has 1 atom stereocenters. The summed E-state index contributed by atoms with van der Waals surface area (Å²) in [7, 11) is 0. The van der Waals surface area contributed by atoms with Gasteiger partial charge in [0.15, 0.2) is 17.3 Å². The summed E-state index contributed by atoms with van der Waals surface area (Å²) >= 11 is 1.15. The van der Waals surface area contributed by atoms with Gasteiger partial charge in [-0.1, -0.05) is 23.5 Å². The molecule has 0 aliphatic carbocycles. The highest BCUT2D eigenvalue weighted by Crippen LogP contribution is 2.44. The number of imidazole rings is 1. The van der Waals surface area contributed by atoms with Crippen molar-refractivity contribution in [1.82, 2.24) is 19.6 Å². The SMILES string of the molecule is CCOc1cc(C2/C(=C(\O)c3nc4c(C)cccn4c3C)C(=O)C(=O)N2c2nnc(C)s2)ccc1O. The number of phenolic OH excluding ortho intramolecular Hbond substituents is 1. The van der Waals surface area contributed by atoms with Crippen molar-refractivity contribution in [1.29, 1.82) is 0 Å². The average Bonchev–Trinajstić information content (AvgIpc) is 3.50. The number of hydrogen-bond acceptors (Lipinski definition) is 9. The predicted octanol–water partition coefficient (Wildman–Crippen LogP) is 3.84. The zero-order valence-electron chi connectivity index (χ0n) is 20.0. The smallest absolute Gasteiger partial charge is 0.301 e. The van der Waals surface area contributed by atoms with E-state index in [1.807, 2.05) is 29.7 Å². The van der Waals surface area contributed by atoms with E-state index in [1.54, 1.807) is 32.9 Å². The minimum Gasteiger partial charge on any atom is -0.505 e. The van der Waals surface area contributed by atoms with Crippen LogP contribution in [-0.4, -0.2) is 48.1 Å². The van der Waals surface area contributed by atoms with Crippen molar-refractivity contribution >= 4 is 39.6 Å². The number of aliphatic hydroxyl groups is 1. The van der Waals surface area contributed by atoms with Gasteiger partial charge in [0.1, 0.15) is 16.3 Å². The minimum atomic E-state index is -1.04. The van der Waals surface area contributed by atoms with Crippen LogP contribution in [0.5, 0.6) is 11.5 Å². The quantitative estimate of drug-likeness (QED) is 0.238. The maximum Gasteiger partial charge on any atom is 0.301 e. The number of rotatable bonds is 5. The van der Waals surface area contributed by atoms with Crippen LogP contribution >= 0.6 is 11.3 Å². The van der Waals surface area contributed by atoms with Gasteiger partial charge < -0.3 is 19.4 Å². The van der Waals surface area contributed by atoms with Gasteiger partial charge in [-0.25, -0.2) is 4.98 Å². The van der Waals surface area contributed by atoms with Crippen LogP contribution in [0.1, 0.15) is 40.5 Å². The Balaban J connectivity index is 1.77. The number of Topliss-reactive ketones (excluding diaryl/α,β-unsaturated/α-hetero) is 1. The number of fused-ring (bicyclic) bond motifs is 1. The van der Waals surface area contributed by atoms with Crippen LogP contribution in [0.3, 0.4) is 0 Å². The van der Waals surface area contributed by atoms with E-state index in [1.165, 1.54) is 11.0 Å². The summed E-state index contributed by atoms with van der Waals surface area (Å²) in [6.45, 7) is 7.49. The first-order chi connectivity index (χ1) is 17.2. The molecule has 5 rings (SSSR count). The second-order valence-corrected chi connectivity index (χ2v) is 9.52. The van der Waals surface area contributed by atoms with E-state index in [0.717, 1.165) is 16.9 Å². The number of carbonyl (C=O) groups excluding carboxylic acids is 2. The van der Waals surface area contributed by atoms with Crippen molar-refractivity contribution in [3.63, 3.8) is 0 Å². The fraction of sp³-hybridized carbons (Fsp3) is 0.240. The molecule has 1 fully saturated rings. The maximum atomic E-state index is 13.4. The van der Waals surface area contributed by atoms with Gasteiger partial charge in [0.05, 0.1) is 23.9 Å². The number of ketones is 1. The Labute approximate surface area is 210 Å². The van der Waals surface area contributed by atoms with Crippen LogP contribution in [-0.2, 0) is 9.59 Å². The molecule has 1 amide bonds. The number of aromatic hydroxyl groups is 1. The topological polar surface area (TPSA) is 130 Å². The number of nitrogens with zero attached hydrogens (tertiary/aromatic N) is 5. The lowest BCUT2D eigenvalue weighted by molar-refractivity contribution is -0.132. The van der Waals surface area contributed by atoms with Crippen LogP contribution in [0.15, 0.2) is 42.1 Å². The third-order valence-corrected chi connectivity index (χ3v) is 6.91. The average molecular weight is 506 g/mol. The predicted molar refractivity (Wildman–Crippen MR) is 133 cm³/mol. The molecule has 1 aliphatic rings. The number of pyridine rings is 1. The van der Waals surface area contributed by atoms with Crippen molar-refractivity contribution in [2.75, 3.05) is 11.5 Å². The molecule has 10 nitrogen and oxygen atoms in total. The van der Waals surface area contributed by atoms with E-state index in [9.17, 15) is 19.8 Å². The van der Waals surface area contributed by atoms with Gasteiger partial charge in [-0.15, -0.1) is 10.2 Å². The van der Waals surface area contributed by atoms with Crippen molar-refractivity contribution in [3.8, 4) is 11.5 Å². The van der Waals surface area contributed by atoms with E-state index in [4.69, 9.17) is 4.74 Å². The highest BCUT2D eigenvalue weighted by atomic mass is 32.1. The summed E-state index contributed by atoms with van der Waals surface area (Å²) in [5.74, 6) is -2.01. The first-order valence-corrected chi connectivity index (χ1v) is 12.1. The maximum absolute atomic E-state index is 13.4. The molecule has 1 saturated heterocycles. The zero-order chi connectivity index (χ0) is 25.7.